The Hall–Kier alpha value is -0.440. The summed E-state index contributed by atoms with van der Waals surface area (Å²) in [6, 6.07) is 0. The summed E-state index contributed by atoms with van der Waals surface area (Å²) in [5, 5.41) is 0. The van der Waals surface area contributed by atoms with Gasteiger partial charge in [-0.25, -0.2) is 0 Å². The maximum Gasteiger partial charge on any atom is 0.00886 e. The van der Waals surface area contributed by atoms with Crippen LogP contribution >= 0.6 is 0 Å². The normalized spacial score (nSPS) is 10.0. The minimum atomic E-state index is 1.10. The van der Waals surface area contributed by atoms with E-state index < -0.39 is 0 Å². The molecular formula is C17H31. The Morgan fingerprint density at radius 1 is 0.647 bits per heavy atom. The molecule has 0 heteroatoms. The van der Waals surface area contributed by atoms with Gasteiger partial charge in [0.25, 0.3) is 0 Å². The molecule has 0 unspecified atom stereocenters. The second kappa shape index (κ2) is 15.6. The highest BCUT2D eigenvalue weighted by molar-refractivity contribution is 4.98. The average Bonchev–Trinajstić information content (AvgIpc) is 2.35. The van der Waals surface area contributed by atoms with Crippen LogP contribution < -0.4 is 0 Å². The predicted molar refractivity (Wildman–Crippen MR) is 78.8 cm³/mol. The summed E-state index contributed by atoms with van der Waals surface area (Å²) in [4.78, 5) is 0. The Morgan fingerprint density at radius 2 is 1.12 bits per heavy atom. The van der Waals surface area contributed by atoms with E-state index in [2.05, 4.69) is 25.7 Å². The molecule has 0 nitrogen and oxygen atoms in total. The molecule has 0 aromatic rings. The van der Waals surface area contributed by atoms with Crippen molar-refractivity contribution in [1.82, 2.24) is 0 Å². The lowest BCUT2D eigenvalue weighted by Crippen LogP contribution is -1.79. The Kier molecular flexibility index (Phi) is 15.2. The predicted octanol–water partition coefficient (Wildman–Crippen LogP) is 5.92. The van der Waals surface area contributed by atoms with Crippen LogP contribution in [0.1, 0.15) is 90.4 Å². The summed E-state index contributed by atoms with van der Waals surface area (Å²) < 4.78 is 0. The fourth-order valence-corrected chi connectivity index (χ4v) is 1.91. The molecule has 0 atom stereocenters. The van der Waals surface area contributed by atoms with Crippen LogP contribution in [-0.2, 0) is 0 Å². The van der Waals surface area contributed by atoms with Crippen molar-refractivity contribution in [2.75, 3.05) is 0 Å². The molecule has 0 heterocycles. The first kappa shape index (κ1) is 16.6. The fraction of sp³-hybridized carbons (Fsp3) is 0.824. The maximum absolute atomic E-state index is 3.86. The van der Waals surface area contributed by atoms with Crippen LogP contribution in [0.25, 0.3) is 0 Å². The maximum atomic E-state index is 3.86. The average molecular weight is 235 g/mol. The summed E-state index contributed by atoms with van der Waals surface area (Å²) in [5.74, 6) is 6.60. The lowest BCUT2D eigenvalue weighted by Gasteiger charge is -1.98. The van der Waals surface area contributed by atoms with E-state index in [4.69, 9.17) is 0 Å². The number of rotatable bonds is 11. The molecule has 0 aromatic carbocycles. The molecule has 0 N–H and O–H groups in total. The Bertz CT molecular complexity index is 182. The van der Waals surface area contributed by atoms with E-state index in [0.717, 1.165) is 19.3 Å². The van der Waals surface area contributed by atoms with E-state index >= 15 is 0 Å². The van der Waals surface area contributed by atoms with Gasteiger partial charge in [-0.3, -0.25) is 0 Å². The molecule has 0 saturated carbocycles. The number of hydrogen-bond acceptors (Lipinski definition) is 0. The molecule has 0 bridgehead atoms. The van der Waals surface area contributed by atoms with E-state index in [1.54, 1.807) is 0 Å². The third kappa shape index (κ3) is 15.6. The first-order valence-corrected chi connectivity index (χ1v) is 7.66. The minimum Gasteiger partial charge on any atom is -0.103 e. The van der Waals surface area contributed by atoms with E-state index in [0.29, 0.717) is 0 Å². The molecule has 1 radical (unpaired) electrons. The molecule has 0 aliphatic heterocycles. The zero-order valence-electron chi connectivity index (χ0n) is 11.9. The number of hydrogen-bond donors (Lipinski definition) is 0. The summed E-state index contributed by atoms with van der Waals surface area (Å²) in [7, 11) is 0. The van der Waals surface area contributed by atoms with E-state index in [1.165, 1.54) is 64.2 Å². The van der Waals surface area contributed by atoms with Gasteiger partial charge in [-0.05, 0) is 12.8 Å². The molecule has 0 rings (SSSR count). The van der Waals surface area contributed by atoms with Gasteiger partial charge in [0, 0.05) is 12.8 Å². The first-order chi connectivity index (χ1) is 8.41. The minimum absolute atomic E-state index is 1.10. The van der Waals surface area contributed by atoms with Gasteiger partial charge in [-0.1, -0.05) is 71.6 Å². The highest BCUT2D eigenvalue weighted by Crippen LogP contribution is 2.07. The van der Waals surface area contributed by atoms with Crippen LogP contribution in [0, 0.1) is 18.8 Å². The Morgan fingerprint density at radius 3 is 1.65 bits per heavy atom. The van der Waals surface area contributed by atoms with Crippen LogP contribution in [0.2, 0.25) is 0 Å². The van der Waals surface area contributed by atoms with E-state index in [1.807, 2.05) is 0 Å². The monoisotopic (exact) mass is 235 g/mol. The molecule has 0 aliphatic rings. The van der Waals surface area contributed by atoms with Gasteiger partial charge in [0.15, 0.2) is 0 Å². The SMILES string of the molecule is [CH2]CCCCCCCCC#CCCCCCC. The van der Waals surface area contributed by atoms with Gasteiger partial charge < -0.3 is 0 Å². The summed E-state index contributed by atoms with van der Waals surface area (Å²) in [6.07, 6.45) is 16.8. The smallest absolute Gasteiger partial charge is 0.00886 e. The highest BCUT2D eigenvalue weighted by Gasteiger charge is 1.89. The second-order valence-corrected chi connectivity index (χ2v) is 4.89. The third-order valence-electron chi connectivity index (χ3n) is 3.08. The van der Waals surface area contributed by atoms with Gasteiger partial charge in [0.1, 0.15) is 0 Å². The molecule has 0 amide bonds. The van der Waals surface area contributed by atoms with Gasteiger partial charge in [0.2, 0.25) is 0 Å². The van der Waals surface area contributed by atoms with E-state index in [-0.39, 0.29) is 0 Å². The largest absolute Gasteiger partial charge is 0.103 e. The van der Waals surface area contributed by atoms with Crippen molar-refractivity contribution in [1.29, 1.82) is 0 Å². The summed E-state index contributed by atoms with van der Waals surface area (Å²) in [5.41, 5.74) is 0. The Balaban J connectivity index is 3.04. The number of unbranched alkanes of at least 4 members (excludes halogenated alkanes) is 11. The Labute approximate surface area is 110 Å². The van der Waals surface area contributed by atoms with Crippen LogP contribution in [-0.4, -0.2) is 0 Å². The van der Waals surface area contributed by atoms with Gasteiger partial charge in [0.05, 0.1) is 0 Å². The lowest BCUT2D eigenvalue weighted by molar-refractivity contribution is 0.601. The van der Waals surface area contributed by atoms with Crippen LogP contribution in [0.4, 0.5) is 0 Å². The first-order valence-electron chi connectivity index (χ1n) is 7.66. The lowest BCUT2D eigenvalue weighted by atomic mass is 10.1. The molecule has 17 heavy (non-hydrogen) atoms. The van der Waals surface area contributed by atoms with Crippen LogP contribution in [0.15, 0.2) is 0 Å². The van der Waals surface area contributed by atoms with Crippen molar-refractivity contribution in [2.45, 2.75) is 90.4 Å². The molecule has 0 aliphatic carbocycles. The van der Waals surface area contributed by atoms with Crippen molar-refractivity contribution in [3.8, 4) is 11.8 Å². The second-order valence-electron chi connectivity index (χ2n) is 4.89. The van der Waals surface area contributed by atoms with Crippen molar-refractivity contribution in [3.63, 3.8) is 0 Å². The standard InChI is InChI=1S/C17H31/c1-3-5-7-9-11-13-15-17-16-14-12-10-8-6-4-2/h1,3-13,15,17H2,2H3. The summed E-state index contributed by atoms with van der Waals surface area (Å²) >= 11 is 0. The molecule has 0 spiro atoms. The zero-order valence-corrected chi connectivity index (χ0v) is 11.9. The quantitative estimate of drug-likeness (QED) is 0.308. The van der Waals surface area contributed by atoms with Crippen molar-refractivity contribution >= 4 is 0 Å². The molecule has 0 fully saturated rings. The van der Waals surface area contributed by atoms with Crippen molar-refractivity contribution < 1.29 is 0 Å². The van der Waals surface area contributed by atoms with Crippen LogP contribution in [0.5, 0.6) is 0 Å². The topological polar surface area (TPSA) is 0 Å². The molecular weight excluding hydrogens is 204 g/mol. The van der Waals surface area contributed by atoms with Gasteiger partial charge in [-0.15, -0.1) is 11.8 Å². The van der Waals surface area contributed by atoms with Crippen molar-refractivity contribution in [3.05, 3.63) is 6.92 Å². The van der Waals surface area contributed by atoms with Gasteiger partial charge in [-0.2, -0.15) is 0 Å². The zero-order chi connectivity index (χ0) is 12.6. The van der Waals surface area contributed by atoms with Crippen LogP contribution in [0.3, 0.4) is 0 Å². The van der Waals surface area contributed by atoms with Crippen molar-refractivity contribution in [2.24, 2.45) is 0 Å². The molecule has 0 saturated heterocycles. The summed E-state index contributed by atoms with van der Waals surface area (Å²) in [6.45, 7) is 6.11. The van der Waals surface area contributed by atoms with Gasteiger partial charge >= 0.3 is 0 Å². The molecule has 99 valence electrons. The highest BCUT2D eigenvalue weighted by atomic mass is 13.9. The third-order valence-corrected chi connectivity index (χ3v) is 3.08. The fourth-order valence-electron chi connectivity index (χ4n) is 1.91. The van der Waals surface area contributed by atoms with E-state index in [9.17, 15) is 0 Å². The molecule has 0 aromatic heterocycles.